The van der Waals surface area contributed by atoms with Crippen molar-refractivity contribution >= 4 is 24.2 Å². The van der Waals surface area contributed by atoms with Crippen LogP contribution in [0.3, 0.4) is 0 Å². The van der Waals surface area contributed by atoms with Crippen LogP contribution in [0.15, 0.2) is 72.8 Å². The molecule has 268 valence electrons. The van der Waals surface area contributed by atoms with Crippen LogP contribution in [0.1, 0.15) is 114 Å². The predicted molar refractivity (Wildman–Crippen MR) is 198 cm³/mol. The van der Waals surface area contributed by atoms with Crippen molar-refractivity contribution in [2.75, 3.05) is 6.54 Å². The normalized spacial score (nSPS) is 16.8. The Kier molecular flexibility index (Phi) is 13.4. The molecule has 3 aromatic rings. The first-order valence-corrected chi connectivity index (χ1v) is 17.2. The molecule has 2 atom stereocenters. The molecule has 0 unspecified atom stereocenters. The van der Waals surface area contributed by atoms with Crippen LogP contribution in [0.25, 0.3) is 0 Å². The van der Waals surface area contributed by atoms with Gasteiger partial charge in [-0.1, -0.05) is 88.4 Å². The second-order valence-corrected chi connectivity index (χ2v) is 15.1. The zero-order chi connectivity index (χ0) is 35.3. The van der Waals surface area contributed by atoms with Crippen LogP contribution in [0.2, 0.25) is 0 Å². The molecule has 0 spiro atoms. The van der Waals surface area contributed by atoms with E-state index in [1.165, 1.54) is 34.4 Å². The van der Waals surface area contributed by atoms with Gasteiger partial charge < -0.3 is 26.2 Å². The molecule has 5 rings (SSSR count). The van der Waals surface area contributed by atoms with Gasteiger partial charge in [0.25, 0.3) is 5.69 Å². The molecule has 2 aliphatic rings. The number of alkyl carbamates (subject to hydrolysis) is 1. The van der Waals surface area contributed by atoms with E-state index in [0.717, 1.165) is 31.2 Å². The highest BCUT2D eigenvalue weighted by molar-refractivity contribution is 5.85. The van der Waals surface area contributed by atoms with Crippen LogP contribution in [0, 0.1) is 10.1 Å². The smallest absolute Gasteiger partial charge is 0.407 e. The lowest BCUT2D eigenvalue weighted by molar-refractivity contribution is -0.384. The number of nitro benzene ring substituents is 1. The highest BCUT2D eigenvalue weighted by atomic mass is 35.5. The van der Waals surface area contributed by atoms with Crippen molar-refractivity contribution in [1.29, 1.82) is 0 Å². The SMILES string of the molecule is CC(C)c1cccc(C2(N)CC2)c1.CC(C)c1cccc(C2(NC[C@@H](O)[C@H](Cc3ccc([N+](=O)[O-])cc3)NC(=O)OC(C)(C)C)CC2)c1.Cl. The molecule has 9 nitrogen and oxygen atoms in total. The average molecular weight is 695 g/mol. The summed E-state index contributed by atoms with van der Waals surface area (Å²) in [4.78, 5) is 23.0. The number of aliphatic hydroxyl groups is 1. The Morgan fingerprint density at radius 2 is 1.45 bits per heavy atom. The number of amides is 1. The van der Waals surface area contributed by atoms with Gasteiger partial charge in [0.15, 0.2) is 0 Å². The fraction of sp³-hybridized carbons (Fsp3) is 0.513. The van der Waals surface area contributed by atoms with Gasteiger partial charge in [-0.15, -0.1) is 12.4 Å². The molecule has 0 saturated heterocycles. The van der Waals surface area contributed by atoms with Gasteiger partial charge in [-0.2, -0.15) is 0 Å². The molecule has 2 fully saturated rings. The fourth-order valence-corrected chi connectivity index (χ4v) is 5.71. The molecule has 1 amide bonds. The van der Waals surface area contributed by atoms with Gasteiger partial charge in [0.1, 0.15) is 5.60 Å². The van der Waals surface area contributed by atoms with Crippen LogP contribution in [-0.4, -0.2) is 40.4 Å². The van der Waals surface area contributed by atoms with Gasteiger partial charge in [-0.25, -0.2) is 4.79 Å². The fourth-order valence-electron chi connectivity index (χ4n) is 5.71. The highest BCUT2D eigenvalue weighted by Crippen LogP contribution is 2.46. The molecule has 0 heterocycles. The number of ether oxygens (including phenoxy) is 1. The maximum Gasteiger partial charge on any atom is 0.407 e. The molecule has 3 aromatic carbocycles. The first-order valence-electron chi connectivity index (χ1n) is 17.2. The quantitative estimate of drug-likeness (QED) is 0.111. The number of benzene rings is 3. The van der Waals surface area contributed by atoms with Gasteiger partial charge in [-0.05, 0) is 92.5 Å². The van der Waals surface area contributed by atoms with E-state index in [2.05, 4.69) is 86.9 Å². The van der Waals surface area contributed by atoms with Crippen LogP contribution in [0.5, 0.6) is 0 Å². The van der Waals surface area contributed by atoms with E-state index in [9.17, 15) is 20.0 Å². The van der Waals surface area contributed by atoms with E-state index in [1.807, 2.05) is 0 Å². The molecule has 2 aliphatic carbocycles. The van der Waals surface area contributed by atoms with Crippen LogP contribution < -0.4 is 16.4 Å². The Balaban J connectivity index is 0.000000387. The molecule has 0 aliphatic heterocycles. The molecule has 0 radical (unpaired) electrons. The predicted octanol–water partition coefficient (Wildman–Crippen LogP) is 7.97. The maximum absolute atomic E-state index is 12.5. The minimum absolute atomic E-state index is 0. The van der Waals surface area contributed by atoms with E-state index in [4.69, 9.17) is 10.5 Å². The zero-order valence-corrected chi connectivity index (χ0v) is 30.8. The molecule has 0 aromatic heterocycles. The Morgan fingerprint density at radius 3 is 1.92 bits per heavy atom. The number of halogens is 1. The Hall–Kier alpha value is -3.50. The van der Waals surface area contributed by atoms with Crippen molar-refractivity contribution in [3.05, 3.63) is 111 Å². The van der Waals surface area contributed by atoms with Gasteiger partial charge in [-0.3, -0.25) is 10.1 Å². The molecule has 0 bridgehead atoms. The van der Waals surface area contributed by atoms with Crippen molar-refractivity contribution in [2.45, 2.75) is 121 Å². The summed E-state index contributed by atoms with van der Waals surface area (Å²) in [7, 11) is 0. The van der Waals surface area contributed by atoms with Crippen molar-refractivity contribution < 1.29 is 19.6 Å². The Bertz CT molecular complexity index is 1550. The first kappa shape index (κ1) is 39.9. The van der Waals surface area contributed by atoms with Gasteiger partial charge in [0, 0.05) is 29.8 Å². The maximum atomic E-state index is 12.5. The first-order chi connectivity index (χ1) is 22.5. The minimum Gasteiger partial charge on any atom is -0.444 e. The molecule has 5 N–H and O–H groups in total. The van der Waals surface area contributed by atoms with Crippen LogP contribution in [0.4, 0.5) is 10.5 Å². The lowest BCUT2D eigenvalue weighted by Crippen LogP contribution is -2.51. The summed E-state index contributed by atoms with van der Waals surface area (Å²) in [6.45, 7) is 14.4. The summed E-state index contributed by atoms with van der Waals surface area (Å²) in [6.07, 6.45) is 3.04. The second kappa shape index (κ2) is 16.5. The second-order valence-electron chi connectivity index (χ2n) is 15.1. The van der Waals surface area contributed by atoms with E-state index in [1.54, 1.807) is 32.9 Å². The number of aliphatic hydroxyl groups excluding tert-OH is 1. The average Bonchev–Trinajstić information content (AvgIpc) is 3.97. The number of nitro groups is 1. The van der Waals surface area contributed by atoms with Gasteiger partial charge in [0.05, 0.1) is 17.1 Å². The van der Waals surface area contributed by atoms with E-state index < -0.39 is 28.8 Å². The van der Waals surface area contributed by atoms with Gasteiger partial charge in [0.2, 0.25) is 0 Å². The minimum atomic E-state index is -0.900. The van der Waals surface area contributed by atoms with Crippen molar-refractivity contribution in [1.82, 2.24) is 10.6 Å². The van der Waals surface area contributed by atoms with Gasteiger partial charge >= 0.3 is 6.09 Å². The molecular formula is C39H55ClN4O5. The number of nitrogens with one attached hydrogen (secondary N) is 2. The number of nitrogens with two attached hydrogens (primary N) is 1. The number of rotatable bonds is 12. The van der Waals surface area contributed by atoms with Crippen LogP contribution >= 0.6 is 12.4 Å². The third-order valence-corrected chi connectivity index (χ3v) is 9.19. The van der Waals surface area contributed by atoms with Crippen molar-refractivity contribution in [3.63, 3.8) is 0 Å². The number of carbonyl (C=O) groups is 1. The van der Waals surface area contributed by atoms with Crippen LogP contribution in [-0.2, 0) is 22.2 Å². The largest absolute Gasteiger partial charge is 0.444 e. The molecular weight excluding hydrogens is 640 g/mol. The molecule has 2 saturated carbocycles. The summed E-state index contributed by atoms with van der Waals surface area (Å²) in [5, 5.41) is 28.4. The monoisotopic (exact) mass is 694 g/mol. The molecule has 49 heavy (non-hydrogen) atoms. The lowest BCUT2D eigenvalue weighted by atomic mass is 9.96. The van der Waals surface area contributed by atoms with E-state index in [0.29, 0.717) is 18.3 Å². The lowest BCUT2D eigenvalue weighted by Gasteiger charge is -2.28. The number of nitrogens with zero attached hydrogens (tertiary/aromatic N) is 1. The van der Waals surface area contributed by atoms with Crippen molar-refractivity contribution in [2.24, 2.45) is 5.73 Å². The van der Waals surface area contributed by atoms with E-state index in [-0.39, 0.29) is 35.7 Å². The number of hydrogen-bond donors (Lipinski definition) is 4. The summed E-state index contributed by atoms with van der Waals surface area (Å²) in [5.41, 5.74) is 11.3. The number of carbonyl (C=O) groups excluding carboxylic acids is 1. The molecule has 10 heteroatoms. The summed E-state index contributed by atoms with van der Waals surface area (Å²) in [5.74, 6) is 1.03. The Morgan fingerprint density at radius 1 is 0.918 bits per heavy atom. The summed E-state index contributed by atoms with van der Waals surface area (Å²) < 4.78 is 5.40. The standard InChI is InChI=1S/C27H37N3O5.C12H17N.ClH/c1-18(2)20-7-6-8-21(16-20)27(13-14-27)28-17-24(31)23(29-25(32)35-26(3,4)5)15-19-9-11-22(12-10-19)30(33)34;1-9(2)10-4-3-5-11(8-10)12(13)6-7-12;/h6-12,16,18,23-24,28,31H,13-15,17H2,1-5H3,(H,29,32);3-5,8-9H,6-7,13H2,1-2H3;1H/t23-,24+;;/m0../s1. The highest BCUT2D eigenvalue weighted by Gasteiger charge is 2.44. The van der Waals surface area contributed by atoms with E-state index >= 15 is 0 Å². The third-order valence-electron chi connectivity index (χ3n) is 9.19. The number of non-ortho nitro benzene ring substituents is 1. The zero-order valence-electron chi connectivity index (χ0n) is 30.0. The summed E-state index contributed by atoms with van der Waals surface area (Å²) >= 11 is 0. The van der Waals surface area contributed by atoms with Crippen molar-refractivity contribution in [3.8, 4) is 0 Å². The topological polar surface area (TPSA) is 140 Å². The number of hydrogen-bond acceptors (Lipinski definition) is 7. The third kappa shape index (κ3) is 11.5. The summed E-state index contributed by atoms with van der Waals surface area (Å²) in [6, 6.07) is 22.7. The Labute approximate surface area is 298 Å².